The van der Waals surface area contributed by atoms with Gasteiger partial charge in [-0.1, -0.05) is 0 Å². The van der Waals surface area contributed by atoms with E-state index in [2.05, 4.69) is 16.0 Å². The van der Waals surface area contributed by atoms with Gasteiger partial charge >= 0.3 is 5.97 Å². The summed E-state index contributed by atoms with van der Waals surface area (Å²) < 4.78 is 0. The van der Waals surface area contributed by atoms with E-state index in [4.69, 9.17) is 5.11 Å². The number of aliphatic imine (C=N–C) groups is 1. The number of hydrogen-bond acceptors (Lipinski definition) is 4. The Hall–Kier alpha value is -1.10. The van der Waals surface area contributed by atoms with Gasteiger partial charge in [-0.05, 0) is 0 Å². The second-order valence-electron chi connectivity index (χ2n) is 1.59. The number of nitrogens with two attached hydrogens (primary N) is 1. The molecule has 0 saturated heterocycles. The predicted molar refractivity (Wildman–Crippen MR) is 38.1 cm³/mol. The fraction of sp³-hybridized carbons (Fsp3) is 0.600. The molecule has 0 aliphatic carbocycles. The molecule has 0 aromatic rings. The van der Waals surface area contributed by atoms with E-state index in [0.717, 1.165) is 13.1 Å². The summed E-state index contributed by atoms with van der Waals surface area (Å²) in [4.78, 5) is 13.1. The SMILES string of the molecule is C1=NCCN1.NCC(=O)O. The number of aliphatic carboxylic acids is 1. The van der Waals surface area contributed by atoms with E-state index < -0.39 is 5.97 Å². The van der Waals surface area contributed by atoms with Crippen molar-refractivity contribution < 1.29 is 9.90 Å². The number of carboxylic acid groups (broad SMARTS) is 1. The Labute approximate surface area is 58.9 Å². The molecule has 5 nitrogen and oxygen atoms in total. The molecule has 0 radical (unpaired) electrons. The number of hydrogen-bond donors (Lipinski definition) is 3. The van der Waals surface area contributed by atoms with Crippen molar-refractivity contribution in [3.8, 4) is 0 Å². The van der Waals surface area contributed by atoms with E-state index >= 15 is 0 Å². The Kier molecular flexibility index (Phi) is 5.36. The van der Waals surface area contributed by atoms with Gasteiger partial charge in [0.2, 0.25) is 0 Å². The molecule has 58 valence electrons. The number of carbonyl (C=O) groups is 1. The topological polar surface area (TPSA) is 87.7 Å². The molecular formula is C5H11N3O2. The first-order valence-corrected chi connectivity index (χ1v) is 2.91. The number of rotatable bonds is 1. The fourth-order valence-electron chi connectivity index (χ4n) is 0.323. The van der Waals surface area contributed by atoms with Crippen LogP contribution in [0.4, 0.5) is 0 Å². The van der Waals surface area contributed by atoms with Gasteiger partial charge in [0.05, 0.1) is 19.4 Å². The van der Waals surface area contributed by atoms with E-state index in [-0.39, 0.29) is 6.54 Å². The number of nitrogens with one attached hydrogen (secondary N) is 1. The first-order valence-electron chi connectivity index (χ1n) is 2.91. The molecule has 1 rings (SSSR count). The van der Waals surface area contributed by atoms with Crippen LogP contribution in [0.1, 0.15) is 0 Å². The lowest BCUT2D eigenvalue weighted by Crippen LogP contribution is -2.10. The zero-order valence-electron chi connectivity index (χ0n) is 5.58. The first-order chi connectivity index (χ1) is 4.77. The van der Waals surface area contributed by atoms with Crippen molar-refractivity contribution in [2.24, 2.45) is 10.7 Å². The zero-order chi connectivity index (χ0) is 7.82. The van der Waals surface area contributed by atoms with Gasteiger partial charge in [0.1, 0.15) is 0 Å². The van der Waals surface area contributed by atoms with Crippen molar-refractivity contribution in [3.05, 3.63) is 0 Å². The quantitative estimate of drug-likeness (QED) is 0.425. The molecule has 5 heteroatoms. The predicted octanol–water partition coefficient (Wildman–Crippen LogP) is -1.35. The lowest BCUT2D eigenvalue weighted by Gasteiger charge is -1.75. The van der Waals surface area contributed by atoms with Crippen LogP contribution in [0.5, 0.6) is 0 Å². The van der Waals surface area contributed by atoms with Crippen LogP contribution >= 0.6 is 0 Å². The highest BCUT2D eigenvalue weighted by molar-refractivity contribution is 5.68. The second kappa shape index (κ2) is 6.03. The van der Waals surface area contributed by atoms with Gasteiger partial charge < -0.3 is 16.2 Å². The number of nitrogens with zero attached hydrogens (tertiary/aromatic N) is 1. The van der Waals surface area contributed by atoms with E-state index in [1.165, 1.54) is 0 Å². The molecular weight excluding hydrogens is 134 g/mol. The molecule has 1 aliphatic heterocycles. The summed E-state index contributed by atoms with van der Waals surface area (Å²) in [7, 11) is 0. The molecule has 0 atom stereocenters. The third-order valence-corrected chi connectivity index (χ3v) is 0.742. The third-order valence-electron chi connectivity index (χ3n) is 0.742. The maximum atomic E-state index is 9.24. The summed E-state index contributed by atoms with van der Waals surface area (Å²) in [6.45, 7) is 1.71. The molecule has 0 fully saturated rings. The van der Waals surface area contributed by atoms with Gasteiger partial charge in [-0.2, -0.15) is 0 Å². The maximum absolute atomic E-state index is 9.24. The van der Waals surface area contributed by atoms with Crippen molar-refractivity contribution in [1.82, 2.24) is 5.32 Å². The molecule has 0 unspecified atom stereocenters. The van der Waals surface area contributed by atoms with Crippen LogP contribution < -0.4 is 11.1 Å². The molecule has 10 heavy (non-hydrogen) atoms. The molecule has 0 bridgehead atoms. The lowest BCUT2D eigenvalue weighted by molar-refractivity contribution is -0.135. The van der Waals surface area contributed by atoms with Crippen LogP contribution in [-0.4, -0.2) is 37.0 Å². The summed E-state index contributed by atoms with van der Waals surface area (Å²) in [6, 6.07) is 0. The van der Waals surface area contributed by atoms with Crippen molar-refractivity contribution >= 4 is 12.3 Å². The average Bonchev–Trinajstić information content (AvgIpc) is 2.43. The summed E-state index contributed by atoms with van der Waals surface area (Å²) in [6.07, 6.45) is 1.74. The minimum atomic E-state index is -0.968. The Balaban J connectivity index is 0.000000162. The molecule has 1 heterocycles. The molecule has 0 aromatic heterocycles. The van der Waals surface area contributed by atoms with Gasteiger partial charge in [0.25, 0.3) is 0 Å². The normalized spacial score (nSPS) is 13.3. The van der Waals surface area contributed by atoms with Gasteiger partial charge in [0, 0.05) is 6.54 Å². The van der Waals surface area contributed by atoms with E-state index in [1.807, 2.05) is 0 Å². The minimum absolute atomic E-state index is 0.278. The average molecular weight is 145 g/mol. The van der Waals surface area contributed by atoms with Crippen LogP contribution in [-0.2, 0) is 4.79 Å². The van der Waals surface area contributed by atoms with Crippen molar-refractivity contribution in [3.63, 3.8) is 0 Å². The van der Waals surface area contributed by atoms with Crippen LogP contribution in [0, 0.1) is 0 Å². The Morgan fingerprint density at radius 2 is 2.50 bits per heavy atom. The molecule has 1 aliphatic rings. The Morgan fingerprint density at radius 3 is 2.60 bits per heavy atom. The molecule has 0 saturated carbocycles. The van der Waals surface area contributed by atoms with Gasteiger partial charge in [-0.15, -0.1) is 0 Å². The number of carboxylic acids is 1. The van der Waals surface area contributed by atoms with Crippen molar-refractivity contribution in [2.45, 2.75) is 0 Å². The summed E-state index contributed by atoms with van der Waals surface area (Å²) >= 11 is 0. The fourth-order valence-corrected chi connectivity index (χ4v) is 0.323. The maximum Gasteiger partial charge on any atom is 0.317 e. The van der Waals surface area contributed by atoms with Crippen molar-refractivity contribution in [1.29, 1.82) is 0 Å². The Bertz CT molecular complexity index is 118. The highest BCUT2D eigenvalue weighted by Gasteiger charge is 1.82. The smallest absolute Gasteiger partial charge is 0.317 e. The molecule has 0 spiro atoms. The lowest BCUT2D eigenvalue weighted by atomic mass is 10.7. The minimum Gasteiger partial charge on any atom is -0.480 e. The highest BCUT2D eigenvalue weighted by atomic mass is 16.4. The van der Waals surface area contributed by atoms with E-state index in [1.54, 1.807) is 6.34 Å². The monoisotopic (exact) mass is 145 g/mol. The van der Waals surface area contributed by atoms with Crippen molar-refractivity contribution in [2.75, 3.05) is 19.6 Å². The summed E-state index contributed by atoms with van der Waals surface area (Å²) in [5.41, 5.74) is 4.57. The molecule has 0 aromatic carbocycles. The second-order valence-corrected chi connectivity index (χ2v) is 1.59. The van der Waals surface area contributed by atoms with E-state index in [0.29, 0.717) is 0 Å². The third kappa shape index (κ3) is 6.90. The van der Waals surface area contributed by atoms with Crippen LogP contribution in [0.25, 0.3) is 0 Å². The zero-order valence-corrected chi connectivity index (χ0v) is 5.58. The van der Waals surface area contributed by atoms with Crippen LogP contribution in [0.3, 0.4) is 0 Å². The van der Waals surface area contributed by atoms with Gasteiger partial charge in [0.15, 0.2) is 0 Å². The van der Waals surface area contributed by atoms with Crippen LogP contribution in [0.2, 0.25) is 0 Å². The summed E-state index contributed by atoms with van der Waals surface area (Å²) in [5.74, 6) is -0.968. The molecule has 0 amide bonds. The van der Waals surface area contributed by atoms with Gasteiger partial charge in [-0.3, -0.25) is 9.79 Å². The largest absolute Gasteiger partial charge is 0.480 e. The van der Waals surface area contributed by atoms with Crippen LogP contribution in [0.15, 0.2) is 4.99 Å². The highest BCUT2D eigenvalue weighted by Crippen LogP contribution is 1.68. The molecule has 4 N–H and O–H groups in total. The van der Waals surface area contributed by atoms with E-state index in [9.17, 15) is 4.79 Å². The Morgan fingerprint density at radius 1 is 1.90 bits per heavy atom. The van der Waals surface area contributed by atoms with Gasteiger partial charge in [-0.25, -0.2) is 0 Å². The standard InChI is InChI=1S/C3H6N2.C2H5NO2/c1-2-5-3-4-1;3-1-2(4)5/h3H,1-2H2,(H,4,5);1,3H2,(H,4,5). The first kappa shape index (κ1) is 8.90. The summed E-state index contributed by atoms with van der Waals surface area (Å²) in [5, 5.41) is 10.5.